The maximum atomic E-state index is 13.9. The zero-order valence-corrected chi connectivity index (χ0v) is 22.1. The lowest BCUT2D eigenvalue weighted by Crippen LogP contribution is -2.20. The molecule has 0 atom stereocenters. The number of fused-ring (bicyclic) bond motifs is 4. The number of aromatic amines is 1. The van der Waals surface area contributed by atoms with Crippen LogP contribution in [0.15, 0.2) is 64.3 Å². The smallest absolute Gasteiger partial charge is 0.405 e. The molecule has 1 N–H and O–H groups in total. The van der Waals surface area contributed by atoms with Crippen LogP contribution in [0.4, 0.5) is 17.1 Å². The lowest BCUT2D eigenvalue weighted by atomic mass is 9.93. The van der Waals surface area contributed by atoms with E-state index in [1.54, 1.807) is 18.2 Å². The van der Waals surface area contributed by atoms with E-state index in [0.717, 1.165) is 50.3 Å². The summed E-state index contributed by atoms with van der Waals surface area (Å²) in [6.07, 6.45) is -0.758. The minimum absolute atomic E-state index is 0.0226. The van der Waals surface area contributed by atoms with Crippen molar-refractivity contribution in [3.8, 4) is 22.9 Å². The molecule has 2 aromatic heterocycles. The molecule has 0 spiro atoms. The maximum Gasteiger partial charge on any atom is 0.573 e. The number of ether oxygens (including phenoxy) is 1. The summed E-state index contributed by atoms with van der Waals surface area (Å²) < 4.78 is 83.9. The monoisotopic (exact) mass is 583 g/mol. The normalized spacial score (nSPS) is 15.0. The molecule has 0 saturated heterocycles. The Morgan fingerprint density at radius 1 is 1.00 bits per heavy atom. The van der Waals surface area contributed by atoms with Crippen molar-refractivity contribution < 1.29 is 30.2 Å². The van der Waals surface area contributed by atoms with E-state index in [1.165, 1.54) is 18.2 Å². The van der Waals surface area contributed by atoms with Gasteiger partial charge in [0.15, 0.2) is 5.43 Å². The van der Waals surface area contributed by atoms with Crippen molar-refractivity contribution >= 4 is 43.1 Å². The molecule has 3 aromatic carbocycles. The third-order valence-electron chi connectivity index (χ3n) is 7.57. The van der Waals surface area contributed by atoms with Gasteiger partial charge in [-0.1, -0.05) is 37.5 Å². The van der Waals surface area contributed by atoms with Crippen LogP contribution in [0.1, 0.15) is 43.7 Å². The standard InChI is InChI=1S/C29H21F4N3O4S/c30-29(31,32)40-25-14-22-24(13-21(25)17-5-4-8-19(12-17)41(33,38)39)36(18-6-2-1-3-7-18)28-26(27(22)37)20-10-9-16(15-34)11-23(20)35-28/h4-5,8-14,18,35H,1-3,6-7H2. The van der Waals surface area contributed by atoms with Crippen LogP contribution in [0.5, 0.6) is 5.75 Å². The van der Waals surface area contributed by atoms with Crippen molar-refractivity contribution in [1.29, 1.82) is 5.26 Å². The molecule has 0 unspecified atom stereocenters. The number of alkyl halides is 3. The minimum Gasteiger partial charge on any atom is -0.405 e. The predicted octanol–water partition coefficient (Wildman–Crippen LogP) is 7.24. The van der Waals surface area contributed by atoms with Crippen LogP contribution in [0, 0.1) is 11.3 Å². The second-order valence-electron chi connectivity index (χ2n) is 10.1. The van der Waals surface area contributed by atoms with Gasteiger partial charge in [0.1, 0.15) is 11.4 Å². The summed E-state index contributed by atoms with van der Waals surface area (Å²) in [6, 6.07) is 13.6. The molecule has 1 fully saturated rings. The van der Waals surface area contributed by atoms with E-state index in [0.29, 0.717) is 27.6 Å². The summed E-state index contributed by atoms with van der Waals surface area (Å²) in [7, 11) is -5.15. The molecule has 2 heterocycles. The van der Waals surface area contributed by atoms with Crippen LogP contribution >= 0.6 is 0 Å². The molecule has 1 aliphatic carbocycles. The Morgan fingerprint density at radius 2 is 1.76 bits per heavy atom. The number of rotatable bonds is 4. The molecule has 5 aromatic rings. The molecule has 1 aliphatic rings. The van der Waals surface area contributed by atoms with Gasteiger partial charge < -0.3 is 14.3 Å². The molecule has 210 valence electrons. The van der Waals surface area contributed by atoms with E-state index in [4.69, 9.17) is 0 Å². The van der Waals surface area contributed by atoms with E-state index in [1.807, 2.05) is 4.57 Å². The van der Waals surface area contributed by atoms with Gasteiger partial charge in [-0.25, -0.2) is 0 Å². The van der Waals surface area contributed by atoms with Crippen LogP contribution in [-0.2, 0) is 10.2 Å². The van der Waals surface area contributed by atoms with Crippen LogP contribution in [0.25, 0.3) is 44.0 Å². The minimum atomic E-state index is -5.15. The van der Waals surface area contributed by atoms with Crippen molar-refractivity contribution in [3.05, 3.63) is 70.4 Å². The molecule has 0 bridgehead atoms. The van der Waals surface area contributed by atoms with E-state index in [2.05, 4.69) is 15.8 Å². The highest BCUT2D eigenvalue weighted by atomic mass is 32.3. The third kappa shape index (κ3) is 4.80. The zero-order valence-electron chi connectivity index (χ0n) is 21.3. The quantitative estimate of drug-likeness (QED) is 0.177. The van der Waals surface area contributed by atoms with Crippen LogP contribution in [-0.4, -0.2) is 24.3 Å². The van der Waals surface area contributed by atoms with Crippen molar-refractivity contribution in [3.63, 3.8) is 0 Å². The molecule has 0 radical (unpaired) electrons. The van der Waals surface area contributed by atoms with Gasteiger partial charge in [-0.2, -0.15) is 13.7 Å². The Kier molecular flexibility index (Phi) is 6.30. The fraction of sp³-hybridized carbons (Fsp3) is 0.241. The predicted molar refractivity (Wildman–Crippen MR) is 145 cm³/mol. The number of nitrogens with zero attached hydrogens (tertiary/aromatic N) is 2. The number of aromatic nitrogens is 2. The average Bonchev–Trinajstić information content (AvgIpc) is 3.31. The SMILES string of the molecule is N#Cc1ccc2c(c1)[nH]c1c2c(=O)c2cc(OC(F)(F)F)c(-c3cccc(S(=O)(=O)F)c3)cc2n1C1CCCCC1. The number of benzene rings is 3. The molecular weight excluding hydrogens is 562 g/mol. The number of hydrogen-bond acceptors (Lipinski definition) is 5. The van der Waals surface area contributed by atoms with Crippen LogP contribution in [0.3, 0.4) is 0 Å². The first kappa shape index (κ1) is 26.8. The fourth-order valence-corrected chi connectivity index (χ4v) is 6.35. The largest absolute Gasteiger partial charge is 0.573 e. The van der Waals surface area contributed by atoms with Crippen molar-refractivity contribution in [2.75, 3.05) is 0 Å². The number of hydrogen-bond donors (Lipinski definition) is 1. The zero-order chi connectivity index (χ0) is 29.1. The first-order valence-corrected chi connectivity index (χ1v) is 14.2. The van der Waals surface area contributed by atoms with Crippen LogP contribution in [0.2, 0.25) is 0 Å². The Morgan fingerprint density at radius 3 is 2.44 bits per heavy atom. The molecule has 7 nitrogen and oxygen atoms in total. The number of pyridine rings is 1. The van der Waals surface area contributed by atoms with Gasteiger partial charge in [0.05, 0.1) is 32.8 Å². The highest BCUT2D eigenvalue weighted by Crippen LogP contribution is 2.41. The van der Waals surface area contributed by atoms with Gasteiger partial charge in [-0.3, -0.25) is 4.79 Å². The molecule has 0 aliphatic heterocycles. The second kappa shape index (κ2) is 9.62. The number of H-pyrrole nitrogens is 1. The van der Waals surface area contributed by atoms with Crippen molar-refractivity contribution in [2.24, 2.45) is 0 Å². The molecular formula is C29H21F4N3O4S. The van der Waals surface area contributed by atoms with Gasteiger partial charge >= 0.3 is 16.6 Å². The van der Waals surface area contributed by atoms with E-state index >= 15 is 0 Å². The number of nitriles is 1. The molecule has 1 saturated carbocycles. The third-order valence-corrected chi connectivity index (χ3v) is 8.39. The Hall–Kier alpha value is -4.37. The molecule has 6 rings (SSSR count). The molecule has 0 amide bonds. The molecule has 41 heavy (non-hydrogen) atoms. The van der Waals surface area contributed by atoms with Gasteiger partial charge in [-0.15, -0.1) is 17.1 Å². The van der Waals surface area contributed by atoms with Crippen LogP contribution < -0.4 is 10.2 Å². The maximum absolute atomic E-state index is 13.9. The Balaban J connectivity index is 1.75. The van der Waals surface area contributed by atoms with Crippen molar-refractivity contribution in [2.45, 2.75) is 49.4 Å². The Bertz CT molecular complexity index is 2070. The topological polar surface area (TPSA) is 105 Å². The van der Waals surface area contributed by atoms with E-state index in [9.17, 15) is 35.5 Å². The van der Waals surface area contributed by atoms with Gasteiger partial charge in [0.25, 0.3) is 0 Å². The van der Waals surface area contributed by atoms with E-state index in [-0.39, 0.29) is 27.9 Å². The van der Waals surface area contributed by atoms with Crippen molar-refractivity contribution in [1.82, 2.24) is 9.55 Å². The first-order chi connectivity index (χ1) is 19.4. The summed E-state index contributed by atoms with van der Waals surface area (Å²) in [6.45, 7) is 0. The number of halogens is 4. The first-order valence-electron chi connectivity index (χ1n) is 12.8. The van der Waals surface area contributed by atoms with Gasteiger partial charge in [0, 0.05) is 22.5 Å². The lowest BCUT2D eigenvalue weighted by Gasteiger charge is -2.28. The summed E-state index contributed by atoms with van der Waals surface area (Å²) >= 11 is 0. The average molecular weight is 584 g/mol. The van der Waals surface area contributed by atoms with E-state index < -0.39 is 32.7 Å². The fourth-order valence-electron chi connectivity index (χ4n) is 5.84. The lowest BCUT2D eigenvalue weighted by molar-refractivity contribution is -0.274. The Labute approximate surface area is 230 Å². The highest BCUT2D eigenvalue weighted by Gasteiger charge is 2.33. The second-order valence-corrected chi connectivity index (χ2v) is 11.4. The summed E-state index contributed by atoms with van der Waals surface area (Å²) in [5.41, 5.74) is 0.959. The van der Waals surface area contributed by atoms with Gasteiger partial charge in [-0.05, 0) is 54.8 Å². The van der Waals surface area contributed by atoms with Gasteiger partial charge in [0.2, 0.25) is 0 Å². The summed E-state index contributed by atoms with van der Waals surface area (Å²) in [5, 5.41) is 10.2. The highest BCUT2D eigenvalue weighted by molar-refractivity contribution is 7.86. The summed E-state index contributed by atoms with van der Waals surface area (Å²) in [5.74, 6) is -0.725. The number of nitrogens with one attached hydrogen (secondary N) is 1. The molecule has 12 heteroatoms. The summed E-state index contributed by atoms with van der Waals surface area (Å²) in [4.78, 5) is 16.5.